The van der Waals surface area contributed by atoms with Crippen molar-refractivity contribution in [3.05, 3.63) is 23.3 Å². The van der Waals surface area contributed by atoms with Crippen LogP contribution in [0.1, 0.15) is 24.0 Å². The first kappa shape index (κ1) is 8.63. The Labute approximate surface area is 78.8 Å². The lowest BCUT2D eigenvalue weighted by Gasteiger charge is -2.23. The maximum atomic E-state index is 4.53. The fourth-order valence-electron chi connectivity index (χ4n) is 1.67. The van der Waals surface area contributed by atoms with Crippen molar-refractivity contribution in [1.29, 1.82) is 0 Å². The van der Waals surface area contributed by atoms with Crippen molar-refractivity contribution in [3.63, 3.8) is 0 Å². The molecular weight excluding hydrogens is 162 g/mol. The summed E-state index contributed by atoms with van der Waals surface area (Å²) in [7, 11) is 2.14. The van der Waals surface area contributed by atoms with Crippen LogP contribution in [0.25, 0.3) is 0 Å². The molecule has 1 aromatic heterocycles. The molecule has 0 atom stereocenters. The van der Waals surface area contributed by atoms with Crippen LogP contribution in [-0.4, -0.2) is 28.5 Å². The van der Waals surface area contributed by atoms with Gasteiger partial charge in [0, 0.05) is 43.4 Å². The third kappa shape index (κ3) is 1.70. The summed E-state index contributed by atoms with van der Waals surface area (Å²) in [6.45, 7) is 4.21. The average Bonchev–Trinajstić information content (AvgIpc) is 2.17. The zero-order valence-corrected chi connectivity index (χ0v) is 8.25. The summed E-state index contributed by atoms with van der Waals surface area (Å²) in [6, 6.07) is 0. The molecule has 3 heteroatoms. The Morgan fingerprint density at radius 3 is 3.15 bits per heavy atom. The summed E-state index contributed by atoms with van der Waals surface area (Å²) in [6.07, 6.45) is 3.99. The Morgan fingerprint density at radius 1 is 1.54 bits per heavy atom. The number of hydrogen-bond donors (Lipinski definition) is 0. The first-order valence-corrected chi connectivity index (χ1v) is 4.82. The molecule has 13 heavy (non-hydrogen) atoms. The lowest BCUT2D eigenvalue weighted by Crippen LogP contribution is -2.27. The highest BCUT2D eigenvalue weighted by atomic mass is 15.1. The summed E-state index contributed by atoms with van der Waals surface area (Å²) >= 11 is 0. The van der Waals surface area contributed by atoms with Crippen LogP contribution >= 0.6 is 0 Å². The summed E-state index contributed by atoms with van der Waals surface area (Å²) in [5.41, 5.74) is 2.55. The van der Waals surface area contributed by atoms with Gasteiger partial charge in [-0.15, -0.1) is 0 Å². The van der Waals surface area contributed by atoms with Crippen LogP contribution in [-0.2, 0) is 19.4 Å². The molecule has 0 fully saturated rings. The van der Waals surface area contributed by atoms with Crippen LogP contribution < -0.4 is 0 Å². The molecule has 70 valence electrons. The lowest BCUT2D eigenvalue weighted by molar-refractivity contribution is 0.308. The second-order valence-corrected chi connectivity index (χ2v) is 3.60. The van der Waals surface area contributed by atoms with Gasteiger partial charge in [0.25, 0.3) is 0 Å². The van der Waals surface area contributed by atoms with Gasteiger partial charge in [0.05, 0.1) is 0 Å². The Morgan fingerprint density at radius 2 is 2.38 bits per heavy atom. The average molecular weight is 177 g/mol. The Bertz CT molecular complexity index is 309. The molecule has 1 aliphatic rings. The molecule has 1 aliphatic heterocycles. The Balaban J connectivity index is 2.31. The number of aryl methyl sites for hydroxylation is 1. The molecule has 0 spiro atoms. The second kappa shape index (κ2) is 3.42. The molecule has 1 aromatic rings. The molecule has 0 unspecified atom stereocenters. The van der Waals surface area contributed by atoms with Crippen molar-refractivity contribution in [2.24, 2.45) is 0 Å². The number of hydrogen-bond acceptors (Lipinski definition) is 3. The van der Waals surface area contributed by atoms with Gasteiger partial charge in [0.2, 0.25) is 0 Å². The van der Waals surface area contributed by atoms with E-state index in [9.17, 15) is 0 Å². The minimum absolute atomic E-state index is 0.934. The van der Waals surface area contributed by atoms with Crippen molar-refractivity contribution in [2.75, 3.05) is 13.6 Å². The molecule has 0 aromatic carbocycles. The van der Waals surface area contributed by atoms with Crippen molar-refractivity contribution >= 4 is 0 Å². The van der Waals surface area contributed by atoms with Crippen LogP contribution in [0.15, 0.2) is 6.20 Å². The molecular formula is C10H15N3. The van der Waals surface area contributed by atoms with E-state index in [1.54, 1.807) is 0 Å². The first-order valence-electron chi connectivity index (χ1n) is 4.82. The van der Waals surface area contributed by atoms with Crippen molar-refractivity contribution < 1.29 is 0 Å². The van der Waals surface area contributed by atoms with Gasteiger partial charge >= 0.3 is 0 Å². The van der Waals surface area contributed by atoms with Gasteiger partial charge in [-0.1, -0.05) is 6.92 Å². The van der Waals surface area contributed by atoms with Gasteiger partial charge in [-0.05, 0) is 7.05 Å². The van der Waals surface area contributed by atoms with Gasteiger partial charge in [0.15, 0.2) is 0 Å². The predicted molar refractivity (Wildman–Crippen MR) is 51.4 cm³/mol. The van der Waals surface area contributed by atoms with E-state index >= 15 is 0 Å². The van der Waals surface area contributed by atoms with E-state index in [0.717, 1.165) is 31.8 Å². The third-order valence-corrected chi connectivity index (χ3v) is 2.49. The standard InChI is InChI=1S/C10H15N3/c1-3-10-11-6-8-7-13(2)5-4-9(8)12-10/h6H,3-5,7H2,1-2H3. The fourth-order valence-corrected chi connectivity index (χ4v) is 1.67. The van der Waals surface area contributed by atoms with E-state index in [-0.39, 0.29) is 0 Å². The molecule has 0 radical (unpaired) electrons. The minimum atomic E-state index is 0.934. The van der Waals surface area contributed by atoms with Crippen molar-refractivity contribution in [2.45, 2.75) is 26.3 Å². The predicted octanol–water partition coefficient (Wildman–Crippen LogP) is 1.03. The zero-order chi connectivity index (χ0) is 9.26. The molecule has 0 aliphatic carbocycles. The van der Waals surface area contributed by atoms with Gasteiger partial charge in [-0.25, -0.2) is 9.97 Å². The van der Waals surface area contributed by atoms with Crippen LogP contribution in [0.5, 0.6) is 0 Å². The molecule has 0 N–H and O–H groups in total. The minimum Gasteiger partial charge on any atom is -0.302 e. The summed E-state index contributed by atoms with van der Waals surface area (Å²) in [4.78, 5) is 11.1. The van der Waals surface area contributed by atoms with Gasteiger partial charge < -0.3 is 4.90 Å². The van der Waals surface area contributed by atoms with Crippen LogP contribution in [0.4, 0.5) is 0 Å². The molecule has 0 amide bonds. The lowest BCUT2D eigenvalue weighted by atomic mass is 10.1. The maximum absolute atomic E-state index is 4.53. The van der Waals surface area contributed by atoms with Crippen molar-refractivity contribution in [1.82, 2.24) is 14.9 Å². The molecule has 0 saturated carbocycles. The van der Waals surface area contributed by atoms with E-state index in [2.05, 4.69) is 28.8 Å². The van der Waals surface area contributed by atoms with Crippen LogP contribution in [0.2, 0.25) is 0 Å². The van der Waals surface area contributed by atoms with E-state index < -0.39 is 0 Å². The van der Waals surface area contributed by atoms with Gasteiger partial charge in [-0.3, -0.25) is 0 Å². The zero-order valence-electron chi connectivity index (χ0n) is 8.25. The van der Waals surface area contributed by atoms with Crippen LogP contribution in [0, 0.1) is 0 Å². The highest BCUT2D eigenvalue weighted by Crippen LogP contribution is 2.14. The topological polar surface area (TPSA) is 29.0 Å². The van der Waals surface area contributed by atoms with E-state index in [1.165, 1.54) is 11.3 Å². The molecule has 3 nitrogen and oxygen atoms in total. The maximum Gasteiger partial charge on any atom is 0.128 e. The number of fused-ring (bicyclic) bond motifs is 1. The molecule has 0 saturated heterocycles. The monoisotopic (exact) mass is 177 g/mol. The fraction of sp³-hybridized carbons (Fsp3) is 0.600. The summed E-state index contributed by atoms with van der Waals surface area (Å²) < 4.78 is 0. The number of rotatable bonds is 1. The summed E-state index contributed by atoms with van der Waals surface area (Å²) in [5.74, 6) is 0.975. The quantitative estimate of drug-likeness (QED) is 0.641. The van der Waals surface area contributed by atoms with Gasteiger partial charge in [-0.2, -0.15) is 0 Å². The highest BCUT2D eigenvalue weighted by Gasteiger charge is 2.14. The molecule has 2 rings (SSSR count). The second-order valence-electron chi connectivity index (χ2n) is 3.60. The van der Waals surface area contributed by atoms with Crippen LogP contribution in [0.3, 0.4) is 0 Å². The highest BCUT2D eigenvalue weighted by molar-refractivity contribution is 5.20. The summed E-state index contributed by atoms with van der Waals surface area (Å²) in [5, 5.41) is 0. The Hall–Kier alpha value is -0.960. The van der Waals surface area contributed by atoms with E-state index in [1.807, 2.05) is 6.20 Å². The number of aromatic nitrogens is 2. The van der Waals surface area contributed by atoms with Gasteiger partial charge in [0.1, 0.15) is 5.82 Å². The third-order valence-electron chi connectivity index (χ3n) is 2.49. The molecule has 2 heterocycles. The van der Waals surface area contributed by atoms with Crippen molar-refractivity contribution in [3.8, 4) is 0 Å². The van der Waals surface area contributed by atoms with E-state index in [0.29, 0.717) is 0 Å². The SMILES string of the molecule is CCc1ncc2c(n1)CCN(C)C2. The number of likely N-dealkylation sites (N-methyl/N-ethyl adjacent to an activating group) is 1. The smallest absolute Gasteiger partial charge is 0.128 e. The Kier molecular flexibility index (Phi) is 2.27. The molecule has 0 bridgehead atoms. The largest absolute Gasteiger partial charge is 0.302 e. The van der Waals surface area contributed by atoms with E-state index in [4.69, 9.17) is 0 Å². The normalized spacial score (nSPS) is 17.1. The number of nitrogens with zero attached hydrogens (tertiary/aromatic N) is 3. The first-order chi connectivity index (χ1) is 6.29.